The standard InChI is InChI=1S/C17H29N3O2/c1-12-8-9-14(10-15(12)20(6)7)19-13(2)11-18-16(21)22-17(3,4)5/h8-10,13,19H,11H2,1-7H3,(H,18,21). The Morgan fingerprint density at radius 1 is 1.32 bits per heavy atom. The second-order valence-electron chi connectivity index (χ2n) is 6.82. The number of ether oxygens (including phenoxy) is 1. The van der Waals surface area contributed by atoms with Crippen LogP contribution in [0.4, 0.5) is 16.2 Å². The van der Waals surface area contributed by atoms with Crippen LogP contribution in [-0.2, 0) is 4.74 Å². The van der Waals surface area contributed by atoms with Gasteiger partial charge in [-0.05, 0) is 52.3 Å². The van der Waals surface area contributed by atoms with Gasteiger partial charge in [-0.2, -0.15) is 0 Å². The summed E-state index contributed by atoms with van der Waals surface area (Å²) in [6, 6.07) is 6.35. The summed E-state index contributed by atoms with van der Waals surface area (Å²) in [6.45, 7) is 10.2. The fourth-order valence-corrected chi connectivity index (χ4v) is 2.07. The number of alkyl carbamates (subject to hydrolysis) is 1. The molecule has 0 aliphatic heterocycles. The van der Waals surface area contributed by atoms with Crippen LogP contribution in [0.3, 0.4) is 0 Å². The first kappa shape index (κ1) is 18.1. The maximum absolute atomic E-state index is 11.6. The van der Waals surface area contributed by atoms with E-state index in [2.05, 4.69) is 34.6 Å². The normalized spacial score (nSPS) is 12.5. The molecule has 0 aromatic heterocycles. The Morgan fingerprint density at radius 3 is 2.50 bits per heavy atom. The average molecular weight is 307 g/mol. The van der Waals surface area contributed by atoms with E-state index in [4.69, 9.17) is 4.74 Å². The van der Waals surface area contributed by atoms with E-state index >= 15 is 0 Å². The lowest BCUT2D eigenvalue weighted by Gasteiger charge is -2.22. The molecule has 0 aliphatic carbocycles. The van der Waals surface area contributed by atoms with Crippen molar-refractivity contribution in [2.45, 2.75) is 46.3 Å². The molecule has 22 heavy (non-hydrogen) atoms. The van der Waals surface area contributed by atoms with E-state index in [1.807, 2.05) is 47.9 Å². The van der Waals surface area contributed by atoms with Gasteiger partial charge >= 0.3 is 6.09 Å². The van der Waals surface area contributed by atoms with Crippen LogP contribution in [0.15, 0.2) is 18.2 Å². The van der Waals surface area contributed by atoms with Gasteiger partial charge in [0, 0.05) is 38.1 Å². The van der Waals surface area contributed by atoms with E-state index in [0.717, 1.165) is 5.69 Å². The van der Waals surface area contributed by atoms with Crippen LogP contribution in [-0.4, -0.2) is 38.4 Å². The summed E-state index contributed by atoms with van der Waals surface area (Å²) >= 11 is 0. The van der Waals surface area contributed by atoms with E-state index < -0.39 is 5.60 Å². The lowest BCUT2D eigenvalue weighted by molar-refractivity contribution is 0.0526. The Morgan fingerprint density at radius 2 is 1.95 bits per heavy atom. The maximum Gasteiger partial charge on any atom is 0.407 e. The molecule has 0 fully saturated rings. The topological polar surface area (TPSA) is 53.6 Å². The minimum Gasteiger partial charge on any atom is -0.444 e. The predicted octanol–water partition coefficient (Wildman–Crippen LogP) is 3.39. The van der Waals surface area contributed by atoms with Crippen LogP contribution in [0.2, 0.25) is 0 Å². The molecular formula is C17H29N3O2. The van der Waals surface area contributed by atoms with Gasteiger partial charge < -0.3 is 20.3 Å². The molecule has 0 heterocycles. The van der Waals surface area contributed by atoms with Crippen molar-refractivity contribution in [2.24, 2.45) is 0 Å². The monoisotopic (exact) mass is 307 g/mol. The number of carbonyl (C=O) groups is 1. The van der Waals surface area contributed by atoms with E-state index in [0.29, 0.717) is 6.54 Å². The van der Waals surface area contributed by atoms with Gasteiger partial charge in [-0.3, -0.25) is 0 Å². The Bertz CT molecular complexity index is 507. The predicted molar refractivity (Wildman–Crippen MR) is 92.8 cm³/mol. The highest BCUT2D eigenvalue weighted by atomic mass is 16.6. The molecule has 124 valence electrons. The van der Waals surface area contributed by atoms with Crippen molar-refractivity contribution in [3.8, 4) is 0 Å². The van der Waals surface area contributed by atoms with Crippen molar-refractivity contribution in [3.05, 3.63) is 23.8 Å². The summed E-state index contributed by atoms with van der Waals surface area (Å²) < 4.78 is 5.22. The minimum absolute atomic E-state index is 0.102. The number of rotatable bonds is 5. The molecule has 0 saturated carbocycles. The fraction of sp³-hybridized carbons (Fsp3) is 0.588. The van der Waals surface area contributed by atoms with Crippen LogP contribution < -0.4 is 15.5 Å². The third kappa shape index (κ3) is 6.24. The molecule has 5 nitrogen and oxygen atoms in total. The van der Waals surface area contributed by atoms with Gasteiger partial charge in [0.25, 0.3) is 0 Å². The first-order valence-corrected chi connectivity index (χ1v) is 7.60. The minimum atomic E-state index is -0.474. The smallest absolute Gasteiger partial charge is 0.407 e. The molecule has 0 aliphatic rings. The molecule has 1 rings (SSSR count). The number of nitrogens with one attached hydrogen (secondary N) is 2. The SMILES string of the molecule is Cc1ccc(NC(C)CNC(=O)OC(C)(C)C)cc1N(C)C. The number of carbonyl (C=O) groups excluding carboxylic acids is 1. The Kier molecular flexibility index (Phi) is 6.09. The zero-order valence-corrected chi connectivity index (χ0v) is 14.8. The lowest BCUT2D eigenvalue weighted by atomic mass is 10.1. The quantitative estimate of drug-likeness (QED) is 0.875. The molecule has 0 spiro atoms. The molecule has 2 N–H and O–H groups in total. The molecule has 1 aromatic rings. The first-order chi connectivity index (χ1) is 10.1. The molecule has 5 heteroatoms. The molecule has 1 amide bonds. The number of hydrogen-bond acceptors (Lipinski definition) is 4. The summed E-state index contributed by atoms with van der Waals surface area (Å²) in [5.74, 6) is 0. The van der Waals surface area contributed by atoms with Gasteiger partial charge in [0.05, 0.1) is 0 Å². The van der Waals surface area contributed by atoms with Crippen molar-refractivity contribution >= 4 is 17.5 Å². The van der Waals surface area contributed by atoms with Gasteiger partial charge in [0.2, 0.25) is 0 Å². The maximum atomic E-state index is 11.6. The highest BCUT2D eigenvalue weighted by Gasteiger charge is 2.16. The van der Waals surface area contributed by atoms with Gasteiger partial charge in [-0.25, -0.2) is 4.79 Å². The molecule has 1 unspecified atom stereocenters. The molecule has 0 saturated heterocycles. The van der Waals surface area contributed by atoms with Gasteiger partial charge in [0.1, 0.15) is 5.60 Å². The van der Waals surface area contributed by atoms with Crippen molar-refractivity contribution in [3.63, 3.8) is 0 Å². The number of amides is 1. The third-order valence-electron chi connectivity index (χ3n) is 3.06. The second kappa shape index (κ2) is 7.38. The van der Waals surface area contributed by atoms with Crippen molar-refractivity contribution in [2.75, 3.05) is 30.9 Å². The van der Waals surface area contributed by atoms with E-state index in [9.17, 15) is 4.79 Å². The Labute approximate surface area is 134 Å². The molecule has 1 atom stereocenters. The third-order valence-corrected chi connectivity index (χ3v) is 3.06. The summed E-state index contributed by atoms with van der Waals surface area (Å²) in [5.41, 5.74) is 2.97. The highest BCUT2D eigenvalue weighted by Crippen LogP contribution is 2.22. The number of anilines is 2. The Balaban J connectivity index is 2.53. The second-order valence-corrected chi connectivity index (χ2v) is 6.82. The first-order valence-electron chi connectivity index (χ1n) is 7.60. The summed E-state index contributed by atoms with van der Waals surface area (Å²) in [7, 11) is 4.05. The average Bonchev–Trinajstić information content (AvgIpc) is 2.36. The summed E-state index contributed by atoms with van der Waals surface area (Å²) in [4.78, 5) is 13.7. The van der Waals surface area contributed by atoms with Gasteiger partial charge in [-0.1, -0.05) is 6.07 Å². The van der Waals surface area contributed by atoms with Crippen molar-refractivity contribution in [1.82, 2.24) is 5.32 Å². The van der Waals surface area contributed by atoms with Crippen LogP contribution >= 0.6 is 0 Å². The summed E-state index contributed by atoms with van der Waals surface area (Å²) in [5, 5.41) is 6.16. The van der Waals surface area contributed by atoms with Crippen LogP contribution in [0.1, 0.15) is 33.3 Å². The van der Waals surface area contributed by atoms with E-state index in [-0.39, 0.29) is 12.1 Å². The fourth-order valence-electron chi connectivity index (χ4n) is 2.07. The van der Waals surface area contributed by atoms with Gasteiger partial charge in [-0.15, -0.1) is 0 Å². The molecule has 0 bridgehead atoms. The number of nitrogens with zero attached hydrogens (tertiary/aromatic N) is 1. The number of hydrogen-bond donors (Lipinski definition) is 2. The van der Waals surface area contributed by atoms with Crippen molar-refractivity contribution < 1.29 is 9.53 Å². The van der Waals surface area contributed by atoms with Crippen LogP contribution in [0.25, 0.3) is 0 Å². The van der Waals surface area contributed by atoms with E-state index in [1.54, 1.807) is 0 Å². The summed E-state index contributed by atoms with van der Waals surface area (Å²) in [6.07, 6.45) is -0.390. The van der Waals surface area contributed by atoms with Gasteiger partial charge in [0.15, 0.2) is 0 Å². The lowest BCUT2D eigenvalue weighted by Crippen LogP contribution is -2.38. The van der Waals surface area contributed by atoms with Crippen LogP contribution in [0, 0.1) is 6.92 Å². The van der Waals surface area contributed by atoms with Crippen molar-refractivity contribution in [1.29, 1.82) is 0 Å². The number of aryl methyl sites for hydroxylation is 1. The number of benzene rings is 1. The zero-order chi connectivity index (χ0) is 16.9. The van der Waals surface area contributed by atoms with E-state index in [1.165, 1.54) is 11.3 Å². The molecule has 0 radical (unpaired) electrons. The molecular weight excluding hydrogens is 278 g/mol. The highest BCUT2D eigenvalue weighted by molar-refractivity contribution is 5.68. The molecule has 1 aromatic carbocycles. The van der Waals surface area contributed by atoms with Crippen LogP contribution in [0.5, 0.6) is 0 Å². The Hall–Kier alpha value is -1.91. The largest absolute Gasteiger partial charge is 0.444 e. The zero-order valence-electron chi connectivity index (χ0n) is 14.8.